The number of phenols is 1. The fourth-order valence-electron chi connectivity index (χ4n) is 0.829. The summed E-state index contributed by atoms with van der Waals surface area (Å²) in [7, 11) is 0. The lowest BCUT2D eigenvalue weighted by atomic mass is 10.2. The number of thiocarbonyl (C=S) groups is 1. The Kier molecular flexibility index (Phi) is 5.07. The molecule has 0 aliphatic rings. The van der Waals surface area contributed by atoms with Gasteiger partial charge in [-0.25, -0.2) is 0 Å². The Morgan fingerprint density at radius 1 is 1.67 bits per heavy atom. The van der Waals surface area contributed by atoms with Crippen LogP contribution in [0.3, 0.4) is 0 Å². The lowest BCUT2D eigenvalue weighted by Crippen LogP contribution is -2.10. The molecule has 6 heteroatoms. The third-order valence-corrected chi connectivity index (χ3v) is 3.08. The van der Waals surface area contributed by atoms with Gasteiger partial charge in [-0.05, 0) is 24.5 Å². The maximum absolute atomic E-state index is 9.48. The number of hydrogen-bond acceptors (Lipinski definition) is 4. The zero-order chi connectivity index (χ0) is 11.3. The molecule has 0 radical (unpaired) electrons. The highest BCUT2D eigenvalue weighted by Crippen LogP contribution is 2.19. The molecule has 3 nitrogen and oxygen atoms in total. The normalized spacial score (nSPS) is 10.5. The van der Waals surface area contributed by atoms with E-state index in [1.165, 1.54) is 18.0 Å². The van der Waals surface area contributed by atoms with Crippen LogP contribution in [0, 0.1) is 0 Å². The predicted octanol–water partition coefficient (Wildman–Crippen LogP) is 2.73. The van der Waals surface area contributed by atoms with Crippen LogP contribution in [0.4, 0.5) is 0 Å². The zero-order valence-electron chi connectivity index (χ0n) is 7.90. The Morgan fingerprint density at radius 3 is 3.07 bits per heavy atom. The number of hydrazone groups is 1. The second-order valence-corrected chi connectivity index (χ2v) is 4.96. The number of nitrogens with zero attached hydrogens (tertiary/aromatic N) is 1. The summed E-state index contributed by atoms with van der Waals surface area (Å²) >= 11 is 9.61. The SMILES string of the molecule is CSC(=S)N/N=C\c1cc(Br)ccc1O. The number of aromatic hydroxyl groups is 1. The molecule has 1 aromatic rings. The summed E-state index contributed by atoms with van der Waals surface area (Å²) < 4.78 is 1.47. The molecule has 80 valence electrons. The van der Waals surface area contributed by atoms with E-state index in [-0.39, 0.29) is 5.75 Å². The third-order valence-electron chi connectivity index (χ3n) is 1.53. The molecule has 0 aliphatic carbocycles. The topological polar surface area (TPSA) is 44.6 Å². The van der Waals surface area contributed by atoms with Gasteiger partial charge in [0.15, 0.2) is 4.32 Å². The maximum Gasteiger partial charge on any atom is 0.153 e. The third kappa shape index (κ3) is 4.19. The highest BCUT2D eigenvalue weighted by atomic mass is 79.9. The quantitative estimate of drug-likeness (QED) is 0.501. The number of nitrogens with one attached hydrogen (secondary N) is 1. The van der Waals surface area contributed by atoms with Crippen LogP contribution in [-0.2, 0) is 0 Å². The van der Waals surface area contributed by atoms with Gasteiger partial charge in [0.2, 0.25) is 0 Å². The summed E-state index contributed by atoms with van der Waals surface area (Å²) in [4.78, 5) is 0. The number of hydrogen-bond donors (Lipinski definition) is 2. The molecule has 1 rings (SSSR count). The van der Waals surface area contributed by atoms with Crippen LogP contribution in [0.25, 0.3) is 0 Å². The fourth-order valence-corrected chi connectivity index (χ4v) is 1.40. The summed E-state index contributed by atoms with van der Waals surface area (Å²) in [5, 5.41) is 13.4. The van der Waals surface area contributed by atoms with Crippen LogP contribution in [0.15, 0.2) is 27.8 Å². The first kappa shape index (κ1) is 12.5. The molecule has 15 heavy (non-hydrogen) atoms. The first-order valence-corrected chi connectivity index (χ1v) is 6.41. The molecule has 1 aromatic carbocycles. The van der Waals surface area contributed by atoms with Gasteiger partial charge in [-0.1, -0.05) is 39.9 Å². The van der Waals surface area contributed by atoms with Crippen molar-refractivity contribution in [2.45, 2.75) is 0 Å². The highest BCUT2D eigenvalue weighted by Gasteiger charge is 1.98. The standard InChI is InChI=1S/C9H9BrN2OS2/c1-15-9(14)12-11-5-6-4-7(10)2-3-8(6)13/h2-5,13H,1H3,(H,12,14)/b11-5-. The van der Waals surface area contributed by atoms with E-state index in [4.69, 9.17) is 12.2 Å². The van der Waals surface area contributed by atoms with Gasteiger partial charge < -0.3 is 5.11 Å². The second-order valence-electron chi connectivity index (χ2n) is 2.56. The lowest BCUT2D eigenvalue weighted by molar-refractivity contribution is 0.474. The van der Waals surface area contributed by atoms with Crippen molar-refractivity contribution in [3.63, 3.8) is 0 Å². The van der Waals surface area contributed by atoms with Crippen molar-refractivity contribution in [2.24, 2.45) is 5.10 Å². The Hall–Kier alpha value is -0.590. The van der Waals surface area contributed by atoms with Crippen LogP contribution in [0.5, 0.6) is 5.75 Å². The molecule has 0 atom stereocenters. The van der Waals surface area contributed by atoms with Crippen molar-refractivity contribution < 1.29 is 5.11 Å². The smallest absolute Gasteiger partial charge is 0.153 e. The number of thioether (sulfide) groups is 1. The first-order valence-electron chi connectivity index (χ1n) is 3.99. The minimum Gasteiger partial charge on any atom is -0.507 e. The van der Waals surface area contributed by atoms with Gasteiger partial charge in [-0.2, -0.15) is 5.10 Å². The Labute approximate surface area is 106 Å². The first-order chi connectivity index (χ1) is 7.13. The van der Waals surface area contributed by atoms with Crippen molar-refractivity contribution in [2.75, 3.05) is 6.26 Å². The van der Waals surface area contributed by atoms with Crippen molar-refractivity contribution >= 4 is 50.4 Å². The fraction of sp³-hybridized carbons (Fsp3) is 0.111. The van der Waals surface area contributed by atoms with Gasteiger partial charge >= 0.3 is 0 Å². The molecule has 0 unspecified atom stereocenters. The number of rotatable bonds is 2. The van der Waals surface area contributed by atoms with Gasteiger partial charge in [-0.15, -0.1) is 0 Å². The Balaban J connectivity index is 2.71. The van der Waals surface area contributed by atoms with Crippen LogP contribution in [0.2, 0.25) is 0 Å². The summed E-state index contributed by atoms with van der Waals surface area (Å²) in [5.74, 6) is 0.179. The summed E-state index contributed by atoms with van der Waals surface area (Å²) in [6.45, 7) is 0. The average Bonchev–Trinajstić information content (AvgIpc) is 2.23. The van der Waals surface area contributed by atoms with E-state index >= 15 is 0 Å². The van der Waals surface area contributed by atoms with E-state index in [2.05, 4.69) is 26.5 Å². The second kappa shape index (κ2) is 6.09. The van der Waals surface area contributed by atoms with E-state index in [1.54, 1.807) is 18.2 Å². The molecular formula is C9H9BrN2OS2. The molecular weight excluding hydrogens is 296 g/mol. The van der Waals surface area contributed by atoms with Gasteiger partial charge in [0, 0.05) is 10.0 Å². The maximum atomic E-state index is 9.48. The van der Waals surface area contributed by atoms with Crippen molar-refractivity contribution in [1.29, 1.82) is 0 Å². The Bertz CT molecular complexity index is 396. The largest absolute Gasteiger partial charge is 0.507 e. The molecule has 0 amide bonds. The molecule has 0 heterocycles. The van der Waals surface area contributed by atoms with E-state index < -0.39 is 0 Å². The molecule has 0 saturated carbocycles. The molecule has 0 saturated heterocycles. The summed E-state index contributed by atoms with van der Waals surface area (Å²) in [6, 6.07) is 5.12. The van der Waals surface area contributed by atoms with Gasteiger partial charge in [0.25, 0.3) is 0 Å². The summed E-state index contributed by atoms with van der Waals surface area (Å²) in [5.41, 5.74) is 3.29. The van der Waals surface area contributed by atoms with Crippen LogP contribution >= 0.6 is 39.9 Å². The molecule has 2 N–H and O–H groups in total. The number of benzene rings is 1. The lowest BCUT2D eigenvalue weighted by Gasteiger charge is -2.00. The van der Waals surface area contributed by atoms with Gasteiger partial charge in [0.1, 0.15) is 5.75 Å². The van der Waals surface area contributed by atoms with E-state index in [0.717, 1.165) is 4.47 Å². The van der Waals surface area contributed by atoms with Crippen LogP contribution < -0.4 is 5.43 Å². The van der Waals surface area contributed by atoms with Crippen LogP contribution in [-0.4, -0.2) is 21.9 Å². The molecule has 0 spiro atoms. The van der Waals surface area contributed by atoms with Gasteiger partial charge in [-0.3, -0.25) is 5.43 Å². The van der Waals surface area contributed by atoms with Crippen molar-refractivity contribution in [3.8, 4) is 5.75 Å². The molecule has 0 aromatic heterocycles. The predicted molar refractivity (Wildman–Crippen MR) is 72.6 cm³/mol. The zero-order valence-corrected chi connectivity index (χ0v) is 11.1. The van der Waals surface area contributed by atoms with Crippen molar-refractivity contribution in [1.82, 2.24) is 5.43 Å². The monoisotopic (exact) mass is 304 g/mol. The minimum absolute atomic E-state index is 0.179. The van der Waals surface area contributed by atoms with E-state index in [0.29, 0.717) is 9.88 Å². The van der Waals surface area contributed by atoms with E-state index in [9.17, 15) is 5.11 Å². The minimum atomic E-state index is 0.179. The van der Waals surface area contributed by atoms with Crippen LogP contribution in [0.1, 0.15) is 5.56 Å². The van der Waals surface area contributed by atoms with Crippen molar-refractivity contribution in [3.05, 3.63) is 28.2 Å². The average molecular weight is 305 g/mol. The molecule has 0 bridgehead atoms. The van der Waals surface area contributed by atoms with Gasteiger partial charge in [0.05, 0.1) is 6.21 Å². The highest BCUT2D eigenvalue weighted by molar-refractivity contribution is 9.10. The van der Waals surface area contributed by atoms with E-state index in [1.807, 2.05) is 6.26 Å². The Morgan fingerprint density at radius 2 is 2.40 bits per heavy atom. The molecule has 0 fully saturated rings. The number of halogens is 1. The number of phenolic OH excluding ortho intramolecular Hbond substituents is 1. The summed E-state index contributed by atoms with van der Waals surface area (Å²) in [6.07, 6.45) is 3.38. The molecule has 0 aliphatic heterocycles.